The molecular formula is C5H8O. The van der Waals surface area contributed by atoms with Gasteiger partial charge in [-0.15, -0.1) is 0 Å². The van der Waals surface area contributed by atoms with E-state index in [1.807, 2.05) is 0 Å². The minimum Gasteiger partial charge on any atom is -0.392 e. The predicted octanol–water partition coefficient (Wildman–Crippen LogP) is 0.721. The fraction of sp³-hybridized carbons (Fsp3) is 0.200. The maximum Gasteiger partial charge on any atom is 0.0615 e. The summed E-state index contributed by atoms with van der Waals surface area (Å²) in [5, 5.41) is 8.06. The molecule has 0 aliphatic heterocycles. The first kappa shape index (κ1) is 5.44. The van der Waals surface area contributed by atoms with Crippen molar-refractivity contribution in [2.75, 3.05) is 6.61 Å². The van der Waals surface area contributed by atoms with E-state index in [-0.39, 0.29) is 6.61 Å². The molecule has 1 heteroatoms. The Kier molecular flexibility index (Phi) is 4.03. The summed E-state index contributed by atoms with van der Waals surface area (Å²) in [6.45, 7) is 3.50. The molecule has 1 N–H and O–H groups in total. The number of aliphatic hydroxyl groups is 1. The third kappa shape index (κ3) is 3.44. The van der Waals surface area contributed by atoms with Crippen LogP contribution in [-0.2, 0) is 0 Å². The van der Waals surface area contributed by atoms with E-state index >= 15 is 0 Å². The number of rotatable bonds is 2. The Morgan fingerprint density at radius 1 is 1.67 bits per heavy atom. The van der Waals surface area contributed by atoms with Crippen LogP contribution in [0.2, 0.25) is 0 Å². The highest BCUT2D eigenvalue weighted by Gasteiger charge is 1.55. The van der Waals surface area contributed by atoms with Gasteiger partial charge in [-0.3, -0.25) is 0 Å². The molecular weight excluding hydrogens is 76.1 g/mol. The zero-order valence-corrected chi connectivity index (χ0v) is 3.59. The molecule has 0 spiro atoms. The SMILES string of the molecule is C=CC=CCO. The monoisotopic (exact) mass is 84.1 g/mol. The summed E-state index contributed by atoms with van der Waals surface area (Å²) in [6, 6.07) is 0. The third-order valence-corrected chi connectivity index (χ3v) is 0.378. The molecule has 6 heavy (non-hydrogen) atoms. The lowest BCUT2D eigenvalue weighted by molar-refractivity contribution is 0.343. The summed E-state index contributed by atoms with van der Waals surface area (Å²) in [7, 11) is 0. The van der Waals surface area contributed by atoms with Gasteiger partial charge in [-0.2, -0.15) is 0 Å². The lowest BCUT2D eigenvalue weighted by Gasteiger charge is -1.68. The molecule has 0 aliphatic rings. The van der Waals surface area contributed by atoms with Crippen LogP contribution in [0.5, 0.6) is 0 Å². The van der Waals surface area contributed by atoms with E-state index in [1.165, 1.54) is 0 Å². The van der Waals surface area contributed by atoms with E-state index in [1.54, 1.807) is 18.2 Å². The molecule has 0 aliphatic carbocycles. The fourth-order valence-electron chi connectivity index (χ4n) is 0.157. The zero-order valence-electron chi connectivity index (χ0n) is 3.59. The van der Waals surface area contributed by atoms with Gasteiger partial charge < -0.3 is 5.11 Å². The Morgan fingerprint density at radius 3 is 2.50 bits per heavy atom. The summed E-state index contributed by atoms with van der Waals surface area (Å²) in [4.78, 5) is 0. The van der Waals surface area contributed by atoms with Crippen LogP contribution in [0.4, 0.5) is 0 Å². The molecule has 0 bridgehead atoms. The first-order valence-corrected chi connectivity index (χ1v) is 1.80. The highest BCUT2D eigenvalue weighted by Crippen LogP contribution is 1.66. The fourth-order valence-corrected chi connectivity index (χ4v) is 0.157. The molecule has 0 rings (SSSR count). The van der Waals surface area contributed by atoms with E-state index in [0.29, 0.717) is 0 Å². The van der Waals surface area contributed by atoms with Gasteiger partial charge in [0, 0.05) is 0 Å². The Labute approximate surface area is 37.6 Å². The summed E-state index contributed by atoms with van der Waals surface area (Å²) >= 11 is 0. The van der Waals surface area contributed by atoms with Gasteiger partial charge in [0.2, 0.25) is 0 Å². The molecule has 0 atom stereocenters. The minimum absolute atomic E-state index is 0.103. The quantitative estimate of drug-likeness (QED) is 0.489. The van der Waals surface area contributed by atoms with Crippen molar-refractivity contribution in [1.29, 1.82) is 0 Å². The van der Waals surface area contributed by atoms with Gasteiger partial charge in [0.05, 0.1) is 6.61 Å². The molecule has 0 aromatic carbocycles. The molecule has 0 fully saturated rings. The van der Waals surface area contributed by atoms with Crippen LogP contribution in [0.1, 0.15) is 0 Å². The maximum absolute atomic E-state index is 8.06. The summed E-state index contributed by atoms with van der Waals surface area (Å²) in [5.74, 6) is 0. The van der Waals surface area contributed by atoms with Crippen molar-refractivity contribution in [1.82, 2.24) is 0 Å². The van der Waals surface area contributed by atoms with Crippen LogP contribution in [0, 0.1) is 0 Å². The van der Waals surface area contributed by atoms with Crippen molar-refractivity contribution < 1.29 is 5.11 Å². The number of hydrogen-bond acceptors (Lipinski definition) is 1. The van der Waals surface area contributed by atoms with Crippen LogP contribution in [0.25, 0.3) is 0 Å². The Bertz CT molecular complexity index is 55.0. The highest BCUT2D eigenvalue weighted by molar-refractivity contribution is 4.96. The molecule has 0 heterocycles. The van der Waals surface area contributed by atoms with Gasteiger partial charge in [-0.25, -0.2) is 0 Å². The summed E-state index contributed by atoms with van der Waals surface area (Å²) in [6.07, 6.45) is 4.93. The summed E-state index contributed by atoms with van der Waals surface area (Å²) in [5.41, 5.74) is 0. The van der Waals surface area contributed by atoms with Gasteiger partial charge >= 0.3 is 0 Å². The predicted molar refractivity (Wildman–Crippen MR) is 26.4 cm³/mol. The van der Waals surface area contributed by atoms with Crippen molar-refractivity contribution in [3.05, 3.63) is 24.8 Å². The summed E-state index contributed by atoms with van der Waals surface area (Å²) < 4.78 is 0. The van der Waals surface area contributed by atoms with Crippen molar-refractivity contribution >= 4 is 0 Å². The standard InChI is InChI=1S/C5H8O/c1-2-3-4-5-6/h2-4,6H,1,5H2. The largest absolute Gasteiger partial charge is 0.392 e. The maximum atomic E-state index is 8.06. The van der Waals surface area contributed by atoms with E-state index < -0.39 is 0 Å². The van der Waals surface area contributed by atoms with Crippen LogP contribution in [0.3, 0.4) is 0 Å². The van der Waals surface area contributed by atoms with Gasteiger partial charge in [-0.1, -0.05) is 24.8 Å². The topological polar surface area (TPSA) is 20.2 Å². The lowest BCUT2D eigenvalue weighted by atomic mass is 10.5. The smallest absolute Gasteiger partial charge is 0.0615 e. The normalized spacial score (nSPS) is 9.50. The Morgan fingerprint density at radius 2 is 2.33 bits per heavy atom. The average molecular weight is 84.1 g/mol. The molecule has 0 aromatic heterocycles. The zero-order chi connectivity index (χ0) is 4.83. The second kappa shape index (κ2) is 4.44. The molecule has 0 radical (unpaired) electrons. The lowest BCUT2D eigenvalue weighted by Crippen LogP contribution is -1.66. The molecule has 0 saturated carbocycles. The van der Waals surface area contributed by atoms with E-state index in [0.717, 1.165) is 0 Å². The number of hydrogen-bond donors (Lipinski definition) is 1. The van der Waals surface area contributed by atoms with Crippen molar-refractivity contribution in [2.24, 2.45) is 0 Å². The highest BCUT2D eigenvalue weighted by atomic mass is 16.2. The first-order valence-electron chi connectivity index (χ1n) is 1.80. The van der Waals surface area contributed by atoms with Crippen molar-refractivity contribution in [3.63, 3.8) is 0 Å². The van der Waals surface area contributed by atoms with Crippen molar-refractivity contribution in [3.8, 4) is 0 Å². The van der Waals surface area contributed by atoms with Crippen LogP contribution in [-0.4, -0.2) is 11.7 Å². The second-order valence-electron chi connectivity index (χ2n) is 0.846. The van der Waals surface area contributed by atoms with Gasteiger partial charge in [-0.05, 0) is 0 Å². The minimum atomic E-state index is 0.103. The third-order valence-electron chi connectivity index (χ3n) is 0.378. The van der Waals surface area contributed by atoms with Gasteiger partial charge in [0.15, 0.2) is 0 Å². The first-order chi connectivity index (χ1) is 2.91. The van der Waals surface area contributed by atoms with Crippen LogP contribution in [0.15, 0.2) is 24.8 Å². The van der Waals surface area contributed by atoms with Crippen molar-refractivity contribution in [2.45, 2.75) is 0 Å². The van der Waals surface area contributed by atoms with Gasteiger partial charge in [0.25, 0.3) is 0 Å². The second-order valence-corrected chi connectivity index (χ2v) is 0.846. The average Bonchev–Trinajstić information content (AvgIpc) is 1.61. The Balaban J connectivity index is 2.94. The molecule has 0 amide bonds. The molecule has 0 saturated heterocycles. The molecule has 0 aromatic rings. The number of allylic oxidation sites excluding steroid dienone is 2. The van der Waals surface area contributed by atoms with E-state index in [2.05, 4.69) is 6.58 Å². The Hall–Kier alpha value is -0.560. The van der Waals surface area contributed by atoms with Crippen LogP contribution < -0.4 is 0 Å². The molecule has 0 unspecified atom stereocenters. The van der Waals surface area contributed by atoms with E-state index in [9.17, 15) is 0 Å². The number of aliphatic hydroxyl groups excluding tert-OH is 1. The van der Waals surface area contributed by atoms with Gasteiger partial charge in [0.1, 0.15) is 0 Å². The van der Waals surface area contributed by atoms with E-state index in [4.69, 9.17) is 5.11 Å². The molecule has 34 valence electrons. The molecule has 1 nitrogen and oxygen atoms in total. The van der Waals surface area contributed by atoms with Crippen LogP contribution >= 0.6 is 0 Å².